The summed E-state index contributed by atoms with van der Waals surface area (Å²) in [4.78, 5) is 5.78. The summed E-state index contributed by atoms with van der Waals surface area (Å²) in [6.07, 6.45) is 4.18. The third-order valence-electron chi connectivity index (χ3n) is 4.79. The zero-order valence-electron chi connectivity index (χ0n) is 17.1. The van der Waals surface area contributed by atoms with E-state index >= 15 is 0 Å². The lowest BCUT2D eigenvalue weighted by atomic mass is 10.0. The van der Waals surface area contributed by atoms with E-state index in [0.29, 0.717) is 0 Å². The number of hydrogen-bond donors (Lipinski definition) is 0. The van der Waals surface area contributed by atoms with Crippen LogP contribution in [-0.2, 0) is 0 Å². The number of aromatic nitrogens is 1. The Hall–Kier alpha value is -2.46. The topological polar surface area (TPSA) is 29.6 Å². The maximum atomic E-state index is 4.94. The van der Waals surface area contributed by atoms with E-state index in [4.69, 9.17) is 10.1 Å². The third kappa shape index (κ3) is 4.87. The highest BCUT2D eigenvalue weighted by molar-refractivity contribution is 7.07. The van der Waals surface area contributed by atoms with Gasteiger partial charge in [0.05, 0.1) is 5.69 Å². The van der Waals surface area contributed by atoms with Crippen LogP contribution < -0.4 is 4.80 Å². The molecule has 0 saturated carbocycles. The van der Waals surface area contributed by atoms with E-state index in [1.54, 1.807) is 11.3 Å². The van der Waals surface area contributed by atoms with Crippen molar-refractivity contribution in [3.8, 4) is 22.4 Å². The van der Waals surface area contributed by atoms with Crippen molar-refractivity contribution in [2.45, 2.75) is 46.5 Å². The standard InChI is InChI=1S/C24H29N3S/c1-4-7-17-25-24-27(26-22(5-2)6-3)23(18-28-24)21-15-13-20(14-16-21)19-11-9-8-10-12-19/h8-16,18H,4-7,17H2,1-3H3. The fraction of sp³-hybridized carbons (Fsp3) is 0.333. The van der Waals surface area contributed by atoms with Gasteiger partial charge in [0, 0.05) is 23.2 Å². The van der Waals surface area contributed by atoms with E-state index in [0.717, 1.165) is 42.7 Å². The minimum Gasteiger partial charge on any atom is -0.257 e. The molecule has 4 heteroatoms. The Morgan fingerprint density at radius 3 is 2.14 bits per heavy atom. The maximum Gasteiger partial charge on any atom is 0.206 e. The molecule has 0 radical (unpaired) electrons. The molecule has 0 aliphatic heterocycles. The van der Waals surface area contributed by atoms with E-state index in [9.17, 15) is 0 Å². The zero-order chi connectivity index (χ0) is 19.8. The molecule has 0 bridgehead atoms. The van der Waals surface area contributed by atoms with Crippen LogP contribution in [0.3, 0.4) is 0 Å². The molecule has 0 aliphatic rings. The molecule has 2 aromatic carbocycles. The predicted molar refractivity (Wildman–Crippen MR) is 122 cm³/mol. The molecule has 0 saturated heterocycles. The summed E-state index contributed by atoms with van der Waals surface area (Å²) in [5.41, 5.74) is 5.94. The smallest absolute Gasteiger partial charge is 0.206 e. The molecule has 1 heterocycles. The Morgan fingerprint density at radius 1 is 0.857 bits per heavy atom. The Balaban J connectivity index is 2.01. The molecular formula is C24H29N3S. The van der Waals surface area contributed by atoms with Crippen molar-refractivity contribution in [2.24, 2.45) is 10.1 Å². The molecule has 0 amide bonds. The summed E-state index contributed by atoms with van der Waals surface area (Å²) in [6, 6.07) is 19.2. The fourth-order valence-electron chi connectivity index (χ4n) is 3.03. The molecule has 0 unspecified atom stereocenters. The Bertz CT molecular complexity index is 957. The van der Waals surface area contributed by atoms with Crippen LogP contribution in [0.15, 0.2) is 70.1 Å². The van der Waals surface area contributed by atoms with Gasteiger partial charge in [0.1, 0.15) is 0 Å². The monoisotopic (exact) mass is 391 g/mol. The van der Waals surface area contributed by atoms with Crippen molar-refractivity contribution in [1.29, 1.82) is 0 Å². The second-order valence-electron chi connectivity index (χ2n) is 6.77. The molecule has 3 aromatic rings. The average Bonchev–Trinajstić information content (AvgIpc) is 3.15. The lowest BCUT2D eigenvalue weighted by molar-refractivity contribution is 0.759. The van der Waals surface area contributed by atoms with Gasteiger partial charge in [0.2, 0.25) is 4.80 Å². The molecule has 0 aliphatic carbocycles. The molecule has 0 spiro atoms. The summed E-state index contributed by atoms with van der Waals surface area (Å²) in [6.45, 7) is 7.38. The number of nitrogens with zero attached hydrogens (tertiary/aromatic N) is 3. The van der Waals surface area contributed by atoms with Gasteiger partial charge in [0.15, 0.2) is 0 Å². The second kappa shape index (κ2) is 10.2. The molecule has 0 N–H and O–H groups in total. The van der Waals surface area contributed by atoms with Crippen LogP contribution in [0.5, 0.6) is 0 Å². The normalized spacial score (nSPS) is 11.6. The predicted octanol–water partition coefficient (Wildman–Crippen LogP) is 6.61. The van der Waals surface area contributed by atoms with Crippen LogP contribution in [0.4, 0.5) is 0 Å². The third-order valence-corrected chi connectivity index (χ3v) is 5.64. The number of benzene rings is 2. The fourth-order valence-corrected chi connectivity index (χ4v) is 3.89. The number of thiazole rings is 1. The van der Waals surface area contributed by atoms with Crippen LogP contribution in [0.2, 0.25) is 0 Å². The van der Waals surface area contributed by atoms with Crippen LogP contribution in [0, 0.1) is 0 Å². The SMILES string of the molecule is CCCCN=c1scc(-c2ccc(-c3ccccc3)cc2)n1N=C(CC)CC. The van der Waals surface area contributed by atoms with Crippen molar-refractivity contribution in [3.05, 3.63) is 64.8 Å². The average molecular weight is 392 g/mol. The van der Waals surface area contributed by atoms with Gasteiger partial charge < -0.3 is 0 Å². The second-order valence-corrected chi connectivity index (χ2v) is 7.60. The maximum absolute atomic E-state index is 4.94. The van der Waals surface area contributed by atoms with Gasteiger partial charge >= 0.3 is 0 Å². The summed E-state index contributed by atoms with van der Waals surface area (Å²) in [5.74, 6) is 0. The molecular weight excluding hydrogens is 362 g/mol. The quantitative estimate of drug-likeness (QED) is 0.305. The highest BCUT2D eigenvalue weighted by Crippen LogP contribution is 2.25. The summed E-state index contributed by atoms with van der Waals surface area (Å²) < 4.78 is 2.04. The molecule has 1 aromatic heterocycles. The lowest BCUT2D eigenvalue weighted by Crippen LogP contribution is -2.14. The number of hydrogen-bond acceptors (Lipinski definition) is 3. The van der Waals surface area contributed by atoms with Gasteiger partial charge in [-0.1, -0.05) is 81.8 Å². The van der Waals surface area contributed by atoms with Gasteiger partial charge in [-0.3, -0.25) is 4.99 Å². The van der Waals surface area contributed by atoms with Crippen molar-refractivity contribution in [1.82, 2.24) is 4.68 Å². The van der Waals surface area contributed by atoms with Crippen LogP contribution in [-0.4, -0.2) is 16.9 Å². The van der Waals surface area contributed by atoms with Crippen LogP contribution in [0.1, 0.15) is 46.5 Å². The Kier molecular flexibility index (Phi) is 7.38. The summed E-state index contributed by atoms with van der Waals surface area (Å²) in [5, 5.41) is 7.12. The van der Waals surface area contributed by atoms with Gasteiger partial charge in [0.25, 0.3) is 0 Å². The van der Waals surface area contributed by atoms with Crippen molar-refractivity contribution < 1.29 is 0 Å². The molecule has 146 valence electrons. The largest absolute Gasteiger partial charge is 0.257 e. The molecule has 0 fully saturated rings. The van der Waals surface area contributed by atoms with Crippen LogP contribution in [0.25, 0.3) is 22.4 Å². The zero-order valence-corrected chi connectivity index (χ0v) is 17.9. The van der Waals surface area contributed by atoms with E-state index in [1.165, 1.54) is 22.4 Å². The first kappa shape index (κ1) is 20.3. The first-order valence-electron chi connectivity index (χ1n) is 10.2. The number of rotatable bonds is 8. The van der Waals surface area contributed by atoms with Gasteiger partial charge in [-0.15, -0.1) is 11.3 Å². The molecule has 3 nitrogen and oxygen atoms in total. The van der Waals surface area contributed by atoms with Crippen LogP contribution >= 0.6 is 11.3 Å². The number of unbranched alkanes of at least 4 members (excludes halogenated alkanes) is 1. The molecule has 0 atom stereocenters. The first-order chi connectivity index (χ1) is 13.8. The van der Waals surface area contributed by atoms with Crippen molar-refractivity contribution in [2.75, 3.05) is 6.54 Å². The molecule has 28 heavy (non-hydrogen) atoms. The van der Waals surface area contributed by atoms with E-state index in [-0.39, 0.29) is 0 Å². The minimum absolute atomic E-state index is 0.854. The van der Waals surface area contributed by atoms with Gasteiger partial charge in [-0.25, -0.2) is 4.68 Å². The lowest BCUT2D eigenvalue weighted by Gasteiger charge is -2.08. The van der Waals surface area contributed by atoms with Gasteiger partial charge in [-0.05, 0) is 30.4 Å². The van der Waals surface area contributed by atoms with E-state index in [1.807, 2.05) is 10.7 Å². The highest BCUT2D eigenvalue weighted by atomic mass is 32.1. The van der Waals surface area contributed by atoms with Gasteiger partial charge in [-0.2, -0.15) is 5.10 Å². The Morgan fingerprint density at radius 2 is 1.50 bits per heavy atom. The summed E-state index contributed by atoms with van der Waals surface area (Å²) in [7, 11) is 0. The summed E-state index contributed by atoms with van der Waals surface area (Å²) >= 11 is 1.67. The first-order valence-corrected chi connectivity index (χ1v) is 11.1. The van der Waals surface area contributed by atoms with E-state index < -0.39 is 0 Å². The van der Waals surface area contributed by atoms with Crippen molar-refractivity contribution >= 4 is 17.0 Å². The highest BCUT2D eigenvalue weighted by Gasteiger charge is 2.09. The Labute approximate surface area is 172 Å². The molecule has 3 rings (SSSR count). The minimum atomic E-state index is 0.854. The van der Waals surface area contributed by atoms with Crippen molar-refractivity contribution in [3.63, 3.8) is 0 Å². The van der Waals surface area contributed by atoms with E-state index in [2.05, 4.69) is 74.7 Å².